The van der Waals surface area contributed by atoms with Crippen LogP contribution in [0.1, 0.15) is 0 Å². The molecule has 0 radical (unpaired) electrons. The van der Waals surface area contributed by atoms with Crippen molar-refractivity contribution in [1.82, 2.24) is 4.90 Å². The van der Waals surface area contributed by atoms with Crippen LogP contribution in [0.4, 0.5) is 10.5 Å². The lowest BCUT2D eigenvalue weighted by molar-refractivity contribution is 0.0564. The van der Waals surface area contributed by atoms with Crippen LogP contribution in [0.5, 0.6) is 5.75 Å². The van der Waals surface area contributed by atoms with Gasteiger partial charge in [-0.15, -0.1) is 0 Å². The van der Waals surface area contributed by atoms with Gasteiger partial charge in [-0.1, -0.05) is 15.9 Å². The van der Waals surface area contributed by atoms with Gasteiger partial charge in [0.15, 0.2) is 0 Å². The zero-order chi connectivity index (χ0) is 12.3. The van der Waals surface area contributed by atoms with Gasteiger partial charge in [-0.3, -0.25) is 0 Å². The van der Waals surface area contributed by atoms with E-state index in [2.05, 4.69) is 21.2 Å². The number of ether oxygens (including phenoxy) is 1. The normalized spacial score (nSPS) is 15.7. The highest BCUT2D eigenvalue weighted by atomic mass is 79.9. The number of hydrogen-bond donors (Lipinski definition) is 2. The smallest absolute Gasteiger partial charge is 0.322 e. The van der Waals surface area contributed by atoms with Crippen molar-refractivity contribution < 1.29 is 14.6 Å². The molecule has 1 aromatic carbocycles. The number of phenols is 1. The van der Waals surface area contributed by atoms with E-state index in [1.165, 1.54) is 6.07 Å². The molecule has 0 atom stereocenters. The third kappa shape index (κ3) is 3.10. The average Bonchev–Trinajstić information content (AvgIpc) is 2.35. The summed E-state index contributed by atoms with van der Waals surface area (Å²) >= 11 is 3.29. The number of carbonyl (C=O) groups is 1. The number of nitrogens with one attached hydrogen (secondary N) is 1. The highest BCUT2D eigenvalue weighted by Crippen LogP contribution is 2.27. The second kappa shape index (κ2) is 5.37. The molecule has 6 heteroatoms. The first-order valence-corrected chi connectivity index (χ1v) is 6.08. The van der Waals surface area contributed by atoms with Crippen LogP contribution in [-0.4, -0.2) is 42.3 Å². The van der Waals surface area contributed by atoms with E-state index in [-0.39, 0.29) is 11.8 Å². The molecule has 5 nitrogen and oxygen atoms in total. The summed E-state index contributed by atoms with van der Waals surface area (Å²) in [5, 5.41) is 12.3. The third-order valence-electron chi connectivity index (χ3n) is 2.50. The summed E-state index contributed by atoms with van der Waals surface area (Å²) in [7, 11) is 0. The Kier molecular flexibility index (Phi) is 3.86. The second-order valence-corrected chi connectivity index (χ2v) is 4.61. The number of nitrogens with zero attached hydrogens (tertiary/aromatic N) is 1. The minimum Gasteiger partial charge on any atom is -0.506 e. The molecule has 2 rings (SSSR count). The average molecular weight is 301 g/mol. The first kappa shape index (κ1) is 12.2. The predicted octanol–water partition coefficient (Wildman–Crippen LogP) is 2.02. The minimum atomic E-state index is -0.221. The Balaban J connectivity index is 2.04. The van der Waals surface area contributed by atoms with Crippen LogP contribution >= 0.6 is 15.9 Å². The van der Waals surface area contributed by atoms with E-state index in [0.717, 1.165) is 4.47 Å². The van der Waals surface area contributed by atoms with Gasteiger partial charge < -0.3 is 20.1 Å². The summed E-state index contributed by atoms with van der Waals surface area (Å²) in [6, 6.07) is 4.67. The van der Waals surface area contributed by atoms with E-state index < -0.39 is 0 Å². The van der Waals surface area contributed by atoms with Crippen LogP contribution in [-0.2, 0) is 4.74 Å². The van der Waals surface area contributed by atoms with E-state index in [0.29, 0.717) is 32.0 Å². The van der Waals surface area contributed by atoms with Crippen molar-refractivity contribution >= 4 is 27.6 Å². The molecule has 0 aliphatic carbocycles. The van der Waals surface area contributed by atoms with Gasteiger partial charge in [0.05, 0.1) is 18.9 Å². The summed E-state index contributed by atoms with van der Waals surface area (Å²) in [6.07, 6.45) is 0. The number of halogens is 1. The standard InChI is InChI=1S/C11H13BrN2O3/c12-8-1-2-10(15)9(7-8)13-11(16)14-3-5-17-6-4-14/h1-2,7,15H,3-6H2,(H,13,16). The molecular formula is C11H13BrN2O3. The topological polar surface area (TPSA) is 61.8 Å². The molecule has 0 saturated carbocycles. The minimum absolute atomic E-state index is 0.0507. The Hall–Kier alpha value is -1.27. The molecule has 1 fully saturated rings. The predicted molar refractivity (Wildman–Crippen MR) is 67.2 cm³/mol. The van der Waals surface area contributed by atoms with Crippen LogP contribution in [0.2, 0.25) is 0 Å². The van der Waals surface area contributed by atoms with Crippen molar-refractivity contribution in [1.29, 1.82) is 0 Å². The van der Waals surface area contributed by atoms with Gasteiger partial charge in [0.2, 0.25) is 0 Å². The van der Waals surface area contributed by atoms with Crippen LogP contribution in [0, 0.1) is 0 Å². The number of benzene rings is 1. The summed E-state index contributed by atoms with van der Waals surface area (Å²) in [6.45, 7) is 2.25. The van der Waals surface area contributed by atoms with Gasteiger partial charge in [0.1, 0.15) is 5.75 Å². The molecule has 92 valence electrons. The van der Waals surface area contributed by atoms with E-state index in [4.69, 9.17) is 4.74 Å². The van der Waals surface area contributed by atoms with Gasteiger partial charge in [-0.2, -0.15) is 0 Å². The Labute approximate surface area is 107 Å². The van der Waals surface area contributed by atoms with E-state index in [1.807, 2.05) is 0 Å². The lowest BCUT2D eigenvalue weighted by Crippen LogP contribution is -2.43. The number of phenolic OH excluding ortho intramolecular Hbond substituents is 1. The van der Waals surface area contributed by atoms with Crippen LogP contribution in [0.25, 0.3) is 0 Å². The van der Waals surface area contributed by atoms with Crippen molar-refractivity contribution in [3.05, 3.63) is 22.7 Å². The molecule has 1 saturated heterocycles. The molecule has 0 unspecified atom stereocenters. The summed E-state index contributed by atoms with van der Waals surface area (Å²) in [4.78, 5) is 13.5. The number of hydrogen-bond acceptors (Lipinski definition) is 3. The van der Waals surface area contributed by atoms with Gasteiger partial charge in [-0.05, 0) is 18.2 Å². The lowest BCUT2D eigenvalue weighted by Gasteiger charge is -2.27. The first-order chi connectivity index (χ1) is 8.16. The van der Waals surface area contributed by atoms with E-state index in [9.17, 15) is 9.90 Å². The molecular weight excluding hydrogens is 288 g/mol. The number of rotatable bonds is 1. The summed E-state index contributed by atoms with van der Waals surface area (Å²) in [5.41, 5.74) is 0.399. The fourth-order valence-electron chi connectivity index (χ4n) is 1.57. The zero-order valence-corrected chi connectivity index (χ0v) is 10.7. The number of carbonyl (C=O) groups excluding carboxylic acids is 1. The number of aromatic hydroxyl groups is 1. The summed E-state index contributed by atoms with van der Waals surface area (Å²) < 4.78 is 5.96. The maximum atomic E-state index is 11.9. The molecule has 0 bridgehead atoms. The maximum Gasteiger partial charge on any atom is 0.322 e. The Morgan fingerprint density at radius 2 is 2.12 bits per heavy atom. The van der Waals surface area contributed by atoms with E-state index in [1.54, 1.807) is 17.0 Å². The Morgan fingerprint density at radius 1 is 1.41 bits per heavy atom. The summed E-state index contributed by atoms with van der Waals surface area (Å²) in [5.74, 6) is 0.0507. The highest BCUT2D eigenvalue weighted by molar-refractivity contribution is 9.10. The van der Waals surface area contributed by atoms with Crippen molar-refractivity contribution in [3.63, 3.8) is 0 Å². The number of amides is 2. The monoisotopic (exact) mass is 300 g/mol. The van der Waals surface area contributed by atoms with Gasteiger partial charge >= 0.3 is 6.03 Å². The van der Waals surface area contributed by atoms with Crippen molar-refractivity contribution in [2.75, 3.05) is 31.6 Å². The van der Waals surface area contributed by atoms with Crippen molar-refractivity contribution in [2.45, 2.75) is 0 Å². The maximum absolute atomic E-state index is 11.9. The van der Waals surface area contributed by atoms with Crippen molar-refractivity contribution in [2.24, 2.45) is 0 Å². The molecule has 17 heavy (non-hydrogen) atoms. The van der Waals surface area contributed by atoms with Crippen LogP contribution in [0.3, 0.4) is 0 Å². The molecule has 0 aromatic heterocycles. The third-order valence-corrected chi connectivity index (χ3v) is 2.99. The fraction of sp³-hybridized carbons (Fsp3) is 0.364. The van der Waals surface area contributed by atoms with Gasteiger partial charge in [0.25, 0.3) is 0 Å². The SMILES string of the molecule is O=C(Nc1cc(Br)ccc1O)N1CCOCC1. The second-order valence-electron chi connectivity index (χ2n) is 3.69. The van der Waals surface area contributed by atoms with Crippen LogP contribution < -0.4 is 5.32 Å². The molecule has 1 aromatic rings. The Morgan fingerprint density at radius 3 is 2.82 bits per heavy atom. The Bertz CT molecular complexity index is 419. The molecule has 1 aliphatic rings. The quantitative estimate of drug-likeness (QED) is 0.780. The molecule has 2 N–H and O–H groups in total. The number of anilines is 1. The van der Waals surface area contributed by atoms with Gasteiger partial charge in [-0.25, -0.2) is 4.79 Å². The lowest BCUT2D eigenvalue weighted by atomic mass is 10.3. The first-order valence-electron chi connectivity index (χ1n) is 5.29. The van der Waals surface area contributed by atoms with Crippen molar-refractivity contribution in [3.8, 4) is 5.75 Å². The van der Waals surface area contributed by atoms with Crippen LogP contribution in [0.15, 0.2) is 22.7 Å². The molecule has 1 heterocycles. The largest absolute Gasteiger partial charge is 0.506 e. The fourth-order valence-corrected chi connectivity index (χ4v) is 1.93. The molecule has 2 amide bonds. The van der Waals surface area contributed by atoms with E-state index >= 15 is 0 Å². The zero-order valence-electron chi connectivity index (χ0n) is 9.15. The highest BCUT2D eigenvalue weighted by Gasteiger charge is 2.17. The molecule has 1 aliphatic heterocycles. The molecule has 0 spiro atoms. The number of morpholine rings is 1. The number of urea groups is 1. The van der Waals surface area contributed by atoms with Gasteiger partial charge in [0, 0.05) is 17.6 Å².